The first-order valence-electron chi connectivity index (χ1n) is 35.2. The summed E-state index contributed by atoms with van der Waals surface area (Å²) in [5.74, 6) is -0.925. The zero-order chi connectivity index (χ0) is 59.2. The van der Waals surface area contributed by atoms with Crippen molar-refractivity contribution >= 4 is 17.9 Å². The largest absolute Gasteiger partial charge is 0.462 e. The van der Waals surface area contributed by atoms with Crippen LogP contribution >= 0.6 is 0 Å². The maximum Gasteiger partial charge on any atom is 0.306 e. The Morgan fingerprint density at radius 2 is 0.476 bits per heavy atom. The molecule has 0 bridgehead atoms. The molecule has 0 aliphatic heterocycles. The van der Waals surface area contributed by atoms with Crippen molar-refractivity contribution in [3.63, 3.8) is 0 Å². The Balaban J connectivity index is 4.43. The van der Waals surface area contributed by atoms with Crippen LogP contribution in [0.1, 0.15) is 348 Å². The number of hydrogen-bond acceptors (Lipinski definition) is 6. The summed E-state index contributed by atoms with van der Waals surface area (Å²) in [4.78, 5) is 38.5. The maximum absolute atomic E-state index is 12.9. The average molecular weight is 1140 g/mol. The first-order valence-corrected chi connectivity index (χ1v) is 35.2. The zero-order valence-corrected chi connectivity index (χ0v) is 54.2. The first kappa shape index (κ1) is 78.3. The van der Waals surface area contributed by atoms with Gasteiger partial charge in [0.1, 0.15) is 13.2 Å². The topological polar surface area (TPSA) is 78.9 Å². The van der Waals surface area contributed by atoms with Crippen molar-refractivity contribution in [3.8, 4) is 0 Å². The van der Waals surface area contributed by atoms with E-state index in [2.05, 4.69) is 118 Å². The molecule has 0 heterocycles. The molecule has 0 saturated heterocycles. The van der Waals surface area contributed by atoms with Crippen LogP contribution in [-0.2, 0) is 28.6 Å². The molecule has 472 valence electrons. The van der Waals surface area contributed by atoms with Crippen molar-refractivity contribution in [2.45, 2.75) is 354 Å². The number of unbranched alkanes of at least 4 members (excludes halogenated alkanes) is 37. The van der Waals surface area contributed by atoms with Gasteiger partial charge < -0.3 is 14.2 Å². The number of hydrogen-bond donors (Lipinski definition) is 0. The van der Waals surface area contributed by atoms with Crippen LogP contribution in [0.5, 0.6) is 0 Å². The fourth-order valence-corrected chi connectivity index (χ4v) is 10.1. The standard InChI is InChI=1S/C76H132O6/c1-4-7-10-13-16-19-22-25-28-31-34-37-40-42-45-48-51-54-57-60-63-66-69-75(78)81-72-73(82-76(79)70-67-64-61-58-55-52-49-46-43-39-36-33-30-27-24-21-18-15-12-9-6-3)71-80-74(77)68-65-62-59-56-53-50-47-44-41-38-35-32-29-26-23-20-17-14-11-8-5-2/h9,12,18,21,23,26-27,30,32,35-36,39,46,49,55,58,73H,4-8,10-11,13-17,19-20,22,24-25,28-29,31,33-34,37-38,40-45,47-48,50-54,56-57,59-72H2,1-3H3/b12-9-,21-18-,26-23-,30-27-,35-32-,39-36-,49-46-,58-55-. The van der Waals surface area contributed by atoms with E-state index in [0.717, 1.165) is 96.3 Å². The lowest BCUT2D eigenvalue weighted by Crippen LogP contribution is -2.30. The fraction of sp³-hybridized carbons (Fsp3) is 0.750. The molecule has 0 spiro atoms. The van der Waals surface area contributed by atoms with Crippen LogP contribution in [0.4, 0.5) is 0 Å². The molecular weight excluding hydrogens is 1010 g/mol. The van der Waals surface area contributed by atoms with Gasteiger partial charge in [-0.2, -0.15) is 0 Å². The predicted octanol–water partition coefficient (Wildman–Crippen LogP) is 24.4. The van der Waals surface area contributed by atoms with E-state index in [1.807, 2.05) is 0 Å². The van der Waals surface area contributed by atoms with Crippen LogP contribution in [0.3, 0.4) is 0 Å². The minimum Gasteiger partial charge on any atom is -0.462 e. The summed E-state index contributed by atoms with van der Waals surface area (Å²) < 4.78 is 17.0. The van der Waals surface area contributed by atoms with E-state index >= 15 is 0 Å². The molecule has 1 atom stereocenters. The van der Waals surface area contributed by atoms with Gasteiger partial charge in [0.15, 0.2) is 6.10 Å². The van der Waals surface area contributed by atoms with Crippen LogP contribution in [0, 0.1) is 0 Å². The summed E-state index contributed by atoms with van der Waals surface area (Å²) >= 11 is 0. The van der Waals surface area contributed by atoms with Gasteiger partial charge in [0, 0.05) is 19.3 Å². The number of carbonyl (C=O) groups is 3. The Morgan fingerprint density at radius 3 is 0.768 bits per heavy atom. The second kappa shape index (κ2) is 69.8. The lowest BCUT2D eigenvalue weighted by Gasteiger charge is -2.18. The lowest BCUT2D eigenvalue weighted by atomic mass is 10.0. The highest BCUT2D eigenvalue weighted by Crippen LogP contribution is 2.17. The van der Waals surface area contributed by atoms with E-state index in [1.165, 1.54) is 205 Å². The highest BCUT2D eigenvalue weighted by atomic mass is 16.6. The Labute approximate surface area is 508 Å². The summed E-state index contributed by atoms with van der Waals surface area (Å²) in [5, 5.41) is 0. The molecule has 0 N–H and O–H groups in total. The van der Waals surface area contributed by atoms with E-state index in [-0.39, 0.29) is 37.5 Å². The highest BCUT2D eigenvalue weighted by molar-refractivity contribution is 5.71. The molecule has 0 saturated carbocycles. The van der Waals surface area contributed by atoms with Crippen molar-refractivity contribution in [1.82, 2.24) is 0 Å². The van der Waals surface area contributed by atoms with Crippen molar-refractivity contribution in [3.05, 3.63) is 97.2 Å². The van der Waals surface area contributed by atoms with E-state index in [0.29, 0.717) is 19.3 Å². The third kappa shape index (κ3) is 67.1. The molecule has 0 aromatic rings. The Morgan fingerprint density at radius 1 is 0.256 bits per heavy atom. The summed E-state index contributed by atoms with van der Waals surface area (Å²) in [7, 11) is 0. The number of carbonyl (C=O) groups excluding carboxylic acids is 3. The number of ether oxygens (including phenoxy) is 3. The Bertz CT molecular complexity index is 1590. The van der Waals surface area contributed by atoms with E-state index in [1.54, 1.807) is 0 Å². The molecule has 0 fully saturated rings. The summed E-state index contributed by atoms with van der Waals surface area (Å²) in [6.45, 7) is 6.53. The second-order valence-electron chi connectivity index (χ2n) is 23.4. The smallest absolute Gasteiger partial charge is 0.306 e. The van der Waals surface area contributed by atoms with E-state index in [9.17, 15) is 14.4 Å². The molecule has 6 nitrogen and oxygen atoms in total. The summed E-state index contributed by atoms with van der Waals surface area (Å²) in [6.07, 6.45) is 94.3. The number of esters is 3. The average Bonchev–Trinajstić information content (AvgIpc) is 3.47. The molecule has 0 aliphatic carbocycles. The number of rotatable bonds is 64. The normalized spacial score (nSPS) is 12.7. The van der Waals surface area contributed by atoms with Crippen molar-refractivity contribution < 1.29 is 28.6 Å². The quantitative estimate of drug-likeness (QED) is 0.0261. The molecule has 0 amide bonds. The minimum atomic E-state index is -0.804. The van der Waals surface area contributed by atoms with Gasteiger partial charge in [-0.15, -0.1) is 0 Å². The van der Waals surface area contributed by atoms with Crippen molar-refractivity contribution in [1.29, 1.82) is 0 Å². The molecule has 0 aliphatic rings. The van der Waals surface area contributed by atoms with Crippen LogP contribution < -0.4 is 0 Å². The maximum atomic E-state index is 12.9. The van der Waals surface area contributed by atoms with Gasteiger partial charge in [-0.3, -0.25) is 14.4 Å². The molecule has 0 aromatic carbocycles. The van der Waals surface area contributed by atoms with Crippen LogP contribution in [0.25, 0.3) is 0 Å². The fourth-order valence-electron chi connectivity index (χ4n) is 10.1. The van der Waals surface area contributed by atoms with Crippen molar-refractivity contribution in [2.75, 3.05) is 13.2 Å². The van der Waals surface area contributed by atoms with Crippen LogP contribution in [0.2, 0.25) is 0 Å². The van der Waals surface area contributed by atoms with Crippen LogP contribution in [0.15, 0.2) is 97.2 Å². The van der Waals surface area contributed by atoms with Crippen LogP contribution in [-0.4, -0.2) is 37.2 Å². The van der Waals surface area contributed by atoms with E-state index < -0.39 is 6.10 Å². The van der Waals surface area contributed by atoms with Gasteiger partial charge in [-0.25, -0.2) is 0 Å². The SMILES string of the molecule is CC/C=C\C/C=C\C/C=C\C/C=C\C/C=C\C/C=C\CCCCC(=O)OC(COC(=O)CCCCCCCCCCC/C=C\C/C=C\CCCCCCC)COC(=O)CCCCCCCCCCCCCCCCCCCCCCCC. The summed E-state index contributed by atoms with van der Waals surface area (Å²) in [5.41, 5.74) is 0. The second-order valence-corrected chi connectivity index (χ2v) is 23.4. The molecule has 6 heteroatoms. The third-order valence-corrected chi connectivity index (χ3v) is 15.3. The Kier molecular flexibility index (Phi) is 66.7. The molecule has 0 rings (SSSR count). The molecule has 1 unspecified atom stereocenters. The highest BCUT2D eigenvalue weighted by Gasteiger charge is 2.19. The molecule has 0 aromatic heterocycles. The van der Waals surface area contributed by atoms with Gasteiger partial charge >= 0.3 is 17.9 Å². The third-order valence-electron chi connectivity index (χ3n) is 15.3. The molecule has 0 radical (unpaired) electrons. The van der Waals surface area contributed by atoms with Gasteiger partial charge in [0.25, 0.3) is 0 Å². The summed E-state index contributed by atoms with van der Waals surface area (Å²) in [6, 6.07) is 0. The van der Waals surface area contributed by atoms with E-state index in [4.69, 9.17) is 14.2 Å². The zero-order valence-electron chi connectivity index (χ0n) is 54.2. The lowest BCUT2D eigenvalue weighted by molar-refractivity contribution is -0.167. The van der Waals surface area contributed by atoms with Gasteiger partial charge in [-0.05, 0) is 103 Å². The number of allylic oxidation sites excluding steroid dienone is 16. The Hall–Kier alpha value is -3.67. The van der Waals surface area contributed by atoms with Gasteiger partial charge in [0.05, 0.1) is 0 Å². The van der Waals surface area contributed by atoms with Gasteiger partial charge in [0.2, 0.25) is 0 Å². The minimum absolute atomic E-state index is 0.0939. The predicted molar refractivity (Wildman–Crippen MR) is 357 cm³/mol. The monoisotopic (exact) mass is 1140 g/mol. The van der Waals surface area contributed by atoms with Gasteiger partial charge in [-0.1, -0.05) is 323 Å². The molecule has 82 heavy (non-hydrogen) atoms. The van der Waals surface area contributed by atoms with Crippen molar-refractivity contribution in [2.24, 2.45) is 0 Å². The first-order chi connectivity index (χ1) is 40.5. The molecular formula is C76H132O6.